The number of hydrogen-bond donors (Lipinski definition) is 2. The van der Waals surface area contributed by atoms with Gasteiger partial charge < -0.3 is 0 Å². The van der Waals surface area contributed by atoms with Gasteiger partial charge >= 0.3 is 0 Å². The molecule has 4 heteroatoms. The fourth-order valence-corrected chi connectivity index (χ4v) is 0. The SMILES string of the molecule is NNP=O. The number of nitrogens with two attached hydrogens (primary N) is 1. The topological polar surface area (TPSA) is 55.1 Å². The van der Waals surface area contributed by atoms with Crippen LogP contribution >= 0.6 is 8.61 Å². The van der Waals surface area contributed by atoms with E-state index in [1.54, 1.807) is 0 Å². The molecule has 0 aromatic heterocycles. The summed E-state index contributed by atoms with van der Waals surface area (Å²) in [5.41, 5.74) is 0. The molecule has 0 atom stereocenters. The number of nitrogens with one attached hydrogen (secondary N) is 1. The van der Waals surface area contributed by atoms with Gasteiger partial charge in [0.05, 0.1) is 0 Å². The van der Waals surface area contributed by atoms with Gasteiger partial charge in [0, 0.05) is 0 Å². The highest BCUT2D eigenvalue weighted by molar-refractivity contribution is 7.20. The van der Waals surface area contributed by atoms with E-state index in [9.17, 15) is 0 Å². The van der Waals surface area contributed by atoms with Gasteiger partial charge in [-0.25, -0.2) is 0 Å². The summed E-state index contributed by atoms with van der Waals surface area (Å²) >= 11 is 0. The van der Waals surface area contributed by atoms with Crippen molar-refractivity contribution in [3.05, 3.63) is 0 Å². The fraction of sp³-hybridized carbons (Fsp3) is 0. The highest BCUT2D eigenvalue weighted by atomic mass is 31.1. The quantitative estimate of drug-likeness (QED) is 0.256. The number of rotatable bonds is 1. The van der Waals surface area contributed by atoms with Crippen LogP contribution < -0.4 is 11.0 Å². The molecule has 0 heterocycles. The van der Waals surface area contributed by atoms with Crippen LogP contribution in [-0.4, -0.2) is 0 Å². The summed E-state index contributed by atoms with van der Waals surface area (Å²) in [6.45, 7) is 0. The van der Waals surface area contributed by atoms with Crippen molar-refractivity contribution < 1.29 is 4.57 Å². The molecule has 3 nitrogen and oxygen atoms in total. The molecule has 0 saturated heterocycles. The highest BCUT2D eigenvalue weighted by Gasteiger charge is 1.48. The van der Waals surface area contributed by atoms with Crippen LogP contribution in [0.15, 0.2) is 0 Å². The maximum absolute atomic E-state index is 9.03. The van der Waals surface area contributed by atoms with Gasteiger partial charge in [0.1, 0.15) is 0 Å². The van der Waals surface area contributed by atoms with Gasteiger partial charge in [-0.05, 0) is 0 Å². The number of hydrogen-bond acceptors (Lipinski definition) is 2. The Morgan fingerprint density at radius 2 is 2.25 bits per heavy atom. The van der Waals surface area contributed by atoms with Crippen LogP contribution in [0, 0.1) is 0 Å². The maximum Gasteiger partial charge on any atom is 0.260 e. The normalized spacial score (nSPS) is 8.25. The van der Waals surface area contributed by atoms with E-state index in [1.807, 2.05) is 5.20 Å². The number of hydrazine groups is 1. The van der Waals surface area contributed by atoms with E-state index in [1.165, 1.54) is 0 Å². The summed E-state index contributed by atoms with van der Waals surface area (Å²) in [6, 6.07) is 0. The van der Waals surface area contributed by atoms with E-state index in [0.717, 1.165) is 0 Å². The molecule has 0 bridgehead atoms. The molecule has 0 aliphatic heterocycles. The molecular weight excluding hydrogens is 75.0 g/mol. The molecule has 0 aliphatic carbocycles. The van der Waals surface area contributed by atoms with E-state index in [-0.39, 0.29) is 8.61 Å². The minimum Gasteiger partial charge on any atom is -0.261 e. The molecular formula is H3N2OP. The van der Waals surface area contributed by atoms with Gasteiger partial charge in [-0.2, -0.15) is 5.20 Å². The maximum atomic E-state index is 9.03. The Morgan fingerprint density at radius 1 is 2.00 bits per heavy atom. The lowest BCUT2D eigenvalue weighted by Gasteiger charge is -1.60. The van der Waals surface area contributed by atoms with Gasteiger partial charge in [0.25, 0.3) is 8.61 Å². The lowest BCUT2D eigenvalue weighted by atomic mass is 13.0. The third-order valence-corrected chi connectivity index (χ3v) is 0.158. The molecule has 24 valence electrons. The second kappa shape index (κ2) is 3.02. The first-order valence-electron chi connectivity index (χ1n) is 0.695. The van der Waals surface area contributed by atoms with Crippen molar-refractivity contribution in [3.63, 3.8) is 0 Å². The Kier molecular flexibility index (Phi) is 3.04. The molecule has 0 saturated carbocycles. The van der Waals surface area contributed by atoms with Gasteiger partial charge in [0.2, 0.25) is 0 Å². The predicted molar refractivity (Wildman–Crippen MR) is 14.9 cm³/mol. The summed E-state index contributed by atoms with van der Waals surface area (Å²) in [6.07, 6.45) is 0. The van der Waals surface area contributed by atoms with Crippen LogP contribution in [0.5, 0.6) is 0 Å². The van der Waals surface area contributed by atoms with Crippen molar-refractivity contribution in [1.82, 2.24) is 5.20 Å². The molecule has 4 heavy (non-hydrogen) atoms. The summed E-state index contributed by atoms with van der Waals surface area (Å²) in [5.74, 6) is 4.45. The second-order valence-electron chi connectivity index (χ2n) is 0.220. The van der Waals surface area contributed by atoms with Crippen molar-refractivity contribution in [2.24, 2.45) is 5.84 Å². The van der Waals surface area contributed by atoms with Crippen LogP contribution in [0.2, 0.25) is 0 Å². The van der Waals surface area contributed by atoms with Gasteiger partial charge in [-0.1, -0.05) is 0 Å². The largest absolute Gasteiger partial charge is 0.261 e. The zero-order valence-corrected chi connectivity index (χ0v) is 2.83. The van der Waals surface area contributed by atoms with Gasteiger partial charge in [0.15, 0.2) is 0 Å². The Morgan fingerprint density at radius 3 is 2.25 bits per heavy atom. The highest BCUT2D eigenvalue weighted by Crippen LogP contribution is 1.65. The Labute approximate surface area is 25.4 Å². The Hall–Kier alpha value is 0.0200. The zero-order chi connectivity index (χ0) is 3.41. The monoisotopic (exact) mass is 78.0 g/mol. The Balaban J connectivity index is 2.30. The van der Waals surface area contributed by atoms with Crippen molar-refractivity contribution >= 4 is 8.61 Å². The summed E-state index contributed by atoms with van der Waals surface area (Å²) in [7, 11) is -0.224. The molecule has 0 rings (SSSR count). The van der Waals surface area contributed by atoms with Crippen molar-refractivity contribution in [2.45, 2.75) is 0 Å². The lowest BCUT2D eigenvalue weighted by molar-refractivity contribution is 0.592. The predicted octanol–water partition coefficient (Wildman–Crippen LogP) is -0.344. The molecule has 0 radical (unpaired) electrons. The average Bonchev–Trinajstić information content (AvgIpc) is 1.37. The van der Waals surface area contributed by atoms with E-state index in [2.05, 4.69) is 5.84 Å². The van der Waals surface area contributed by atoms with E-state index in [4.69, 9.17) is 4.57 Å². The molecule has 0 amide bonds. The first kappa shape index (κ1) is 4.02. The van der Waals surface area contributed by atoms with E-state index in [0.29, 0.717) is 0 Å². The lowest BCUT2D eigenvalue weighted by Crippen LogP contribution is -2.05. The molecule has 0 unspecified atom stereocenters. The third-order valence-electron chi connectivity index (χ3n) is 0.0527. The standard InChI is InChI=1S/H3N2OP/c1-2-4-3/h1H2,(H,2,3). The molecule has 0 fully saturated rings. The summed E-state index contributed by atoms with van der Waals surface area (Å²) in [5, 5.41) is 1.85. The molecule has 0 aromatic carbocycles. The summed E-state index contributed by atoms with van der Waals surface area (Å²) in [4.78, 5) is 0. The molecule has 0 aromatic rings. The van der Waals surface area contributed by atoms with Crippen molar-refractivity contribution in [3.8, 4) is 0 Å². The first-order chi connectivity index (χ1) is 1.91. The average molecular weight is 78.0 g/mol. The van der Waals surface area contributed by atoms with Crippen LogP contribution in [0.3, 0.4) is 0 Å². The van der Waals surface area contributed by atoms with Crippen molar-refractivity contribution in [1.29, 1.82) is 0 Å². The Bertz CT molecular complexity index is 20.0. The second-order valence-corrected chi connectivity index (χ2v) is 0.661. The minimum absolute atomic E-state index is 0.224. The van der Waals surface area contributed by atoms with Gasteiger partial charge in [-0.15, -0.1) is 0 Å². The smallest absolute Gasteiger partial charge is 0.260 e. The van der Waals surface area contributed by atoms with Crippen LogP contribution in [0.1, 0.15) is 0 Å². The van der Waals surface area contributed by atoms with Gasteiger partial charge in [-0.3, -0.25) is 10.4 Å². The van der Waals surface area contributed by atoms with E-state index >= 15 is 0 Å². The van der Waals surface area contributed by atoms with Crippen LogP contribution in [0.25, 0.3) is 0 Å². The minimum atomic E-state index is -0.224. The van der Waals surface area contributed by atoms with Crippen LogP contribution in [0.4, 0.5) is 0 Å². The fourth-order valence-electron chi connectivity index (χ4n) is 0. The van der Waals surface area contributed by atoms with Crippen LogP contribution in [-0.2, 0) is 4.57 Å². The molecule has 0 spiro atoms. The molecule has 0 aliphatic rings. The van der Waals surface area contributed by atoms with Crippen molar-refractivity contribution in [2.75, 3.05) is 0 Å². The molecule has 3 N–H and O–H groups in total. The zero-order valence-electron chi connectivity index (χ0n) is 1.93. The third kappa shape index (κ3) is 2.02. The first-order valence-corrected chi connectivity index (χ1v) is 1.51. The van der Waals surface area contributed by atoms with E-state index < -0.39 is 0 Å². The summed E-state index contributed by atoms with van der Waals surface area (Å²) < 4.78 is 9.03.